The molecule has 0 heterocycles. The van der Waals surface area contributed by atoms with Crippen LogP contribution in [-0.2, 0) is 6.42 Å². The minimum absolute atomic E-state index is 0.163. The Morgan fingerprint density at radius 3 is 2.24 bits per heavy atom. The number of ketones is 1. The molecule has 0 aliphatic rings. The molecule has 0 aliphatic heterocycles. The van der Waals surface area contributed by atoms with Crippen molar-refractivity contribution in [2.24, 2.45) is 0 Å². The molecule has 2 aromatic carbocycles. The summed E-state index contributed by atoms with van der Waals surface area (Å²) in [4.78, 5) is 12.1. The molecule has 2 rings (SSSR count). The summed E-state index contributed by atoms with van der Waals surface area (Å²) in [5.74, 6) is 0.163. The largest absolute Gasteiger partial charge is 0.294 e. The van der Waals surface area contributed by atoms with Crippen LogP contribution in [0.3, 0.4) is 0 Å². The number of benzene rings is 2. The third kappa shape index (κ3) is 3.04. The Balaban J connectivity index is 2.20. The van der Waals surface area contributed by atoms with E-state index in [9.17, 15) is 4.79 Å². The van der Waals surface area contributed by atoms with E-state index in [1.54, 1.807) is 0 Å². The zero-order valence-corrected chi connectivity index (χ0v) is 10.2. The van der Waals surface area contributed by atoms with Crippen LogP contribution in [0.5, 0.6) is 0 Å². The first kappa shape index (κ1) is 11.6. The lowest BCUT2D eigenvalue weighted by Crippen LogP contribution is -2.04. The van der Waals surface area contributed by atoms with Crippen molar-refractivity contribution in [3.8, 4) is 0 Å². The highest BCUT2D eigenvalue weighted by molar-refractivity contribution is 5.97. The number of carbonyl (C=O) groups is 1. The molecule has 0 amide bonds. The van der Waals surface area contributed by atoms with Gasteiger partial charge in [-0.15, -0.1) is 0 Å². The van der Waals surface area contributed by atoms with Gasteiger partial charge >= 0.3 is 0 Å². The van der Waals surface area contributed by atoms with E-state index in [0.29, 0.717) is 6.42 Å². The topological polar surface area (TPSA) is 17.1 Å². The molecular formula is C16H15O. The summed E-state index contributed by atoms with van der Waals surface area (Å²) in [5.41, 5.74) is 3.87. The molecule has 0 fully saturated rings. The first-order valence-electron chi connectivity index (χ1n) is 5.73. The number of rotatable bonds is 3. The van der Waals surface area contributed by atoms with Crippen molar-refractivity contribution in [1.82, 2.24) is 0 Å². The molecule has 0 spiro atoms. The van der Waals surface area contributed by atoms with Crippen LogP contribution >= 0.6 is 0 Å². The zero-order chi connectivity index (χ0) is 12.3. The summed E-state index contributed by atoms with van der Waals surface area (Å²) in [5, 5.41) is 0. The Morgan fingerprint density at radius 2 is 1.65 bits per heavy atom. The standard InChI is InChI=1S/C16H15O/c1-12-8-13(2)10-15(9-12)16(17)11-14-6-4-3-5-7-14/h3-7,9-10H,11H2,1-2H3. The van der Waals surface area contributed by atoms with Gasteiger partial charge in [0.2, 0.25) is 0 Å². The van der Waals surface area contributed by atoms with Crippen LogP contribution in [0, 0.1) is 19.9 Å². The third-order valence-corrected chi connectivity index (χ3v) is 2.67. The molecule has 1 nitrogen and oxygen atoms in total. The molecule has 0 atom stereocenters. The van der Waals surface area contributed by atoms with Crippen LogP contribution < -0.4 is 0 Å². The number of aryl methyl sites for hydroxylation is 2. The number of hydrogen-bond donors (Lipinski definition) is 0. The average molecular weight is 223 g/mol. The smallest absolute Gasteiger partial charge is 0.167 e. The average Bonchev–Trinajstić information content (AvgIpc) is 2.29. The Hall–Kier alpha value is -1.89. The zero-order valence-electron chi connectivity index (χ0n) is 10.2. The van der Waals surface area contributed by atoms with E-state index in [4.69, 9.17) is 0 Å². The molecule has 17 heavy (non-hydrogen) atoms. The maximum absolute atomic E-state index is 12.1. The predicted molar refractivity (Wildman–Crippen MR) is 69.2 cm³/mol. The summed E-state index contributed by atoms with van der Waals surface area (Å²) in [6, 6.07) is 16.8. The molecule has 0 bridgehead atoms. The lowest BCUT2D eigenvalue weighted by molar-refractivity contribution is 0.0993. The number of Topliss-reactive ketones (excluding diaryl/α,β-unsaturated/α-hetero) is 1. The van der Waals surface area contributed by atoms with E-state index in [1.807, 2.05) is 56.3 Å². The van der Waals surface area contributed by atoms with Gasteiger partial charge in [-0.3, -0.25) is 4.79 Å². The van der Waals surface area contributed by atoms with Gasteiger partial charge < -0.3 is 0 Å². The first-order chi connectivity index (χ1) is 8.15. The SMILES string of the molecule is Cc1[c]c(C)cc(C(=O)Cc2ccccc2)c1. The van der Waals surface area contributed by atoms with Gasteiger partial charge in [0.05, 0.1) is 0 Å². The minimum atomic E-state index is 0.163. The molecule has 0 saturated heterocycles. The summed E-state index contributed by atoms with van der Waals surface area (Å²) < 4.78 is 0. The lowest BCUT2D eigenvalue weighted by atomic mass is 10.00. The van der Waals surface area contributed by atoms with Gasteiger partial charge in [-0.2, -0.15) is 0 Å². The van der Waals surface area contributed by atoms with E-state index >= 15 is 0 Å². The second kappa shape index (κ2) is 4.96. The van der Waals surface area contributed by atoms with E-state index in [0.717, 1.165) is 22.3 Å². The third-order valence-electron chi connectivity index (χ3n) is 2.67. The highest BCUT2D eigenvalue weighted by Gasteiger charge is 2.07. The van der Waals surface area contributed by atoms with Gasteiger partial charge in [-0.25, -0.2) is 0 Å². The highest BCUT2D eigenvalue weighted by atomic mass is 16.1. The maximum Gasteiger partial charge on any atom is 0.167 e. The highest BCUT2D eigenvalue weighted by Crippen LogP contribution is 2.11. The van der Waals surface area contributed by atoms with Gasteiger partial charge in [0.25, 0.3) is 0 Å². The fourth-order valence-corrected chi connectivity index (χ4v) is 1.94. The van der Waals surface area contributed by atoms with Crippen molar-refractivity contribution in [3.05, 3.63) is 70.8 Å². The van der Waals surface area contributed by atoms with E-state index < -0.39 is 0 Å². The normalized spacial score (nSPS) is 10.2. The van der Waals surface area contributed by atoms with E-state index in [1.165, 1.54) is 0 Å². The second-order valence-corrected chi connectivity index (χ2v) is 4.32. The van der Waals surface area contributed by atoms with Crippen molar-refractivity contribution in [2.45, 2.75) is 20.3 Å². The van der Waals surface area contributed by atoms with Crippen molar-refractivity contribution >= 4 is 5.78 Å². The Kier molecular flexibility index (Phi) is 3.38. The second-order valence-electron chi connectivity index (χ2n) is 4.32. The van der Waals surface area contributed by atoms with Crippen LogP contribution in [-0.4, -0.2) is 5.78 Å². The van der Waals surface area contributed by atoms with Crippen molar-refractivity contribution in [2.75, 3.05) is 0 Å². The molecular weight excluding hydrogens is 208 g/mol. The van der Waals surface area contributed by atoms with Gasteiger partial charge in [-0.05, 0) is 48.7 Å². The molecule has 85 valence electrons. The molecule has 2 aromatic rings. The number of hydrogen-bond acceptors (Lipinski definition) is 1. The molecule has 0 aromatic heterocycles. The molecule has 0 N–H and O–H groups in total. The van der Waals surface area contributed by atoms with Crippen LogP contribution in [0.15, 0.2) is 42.5 Å². The summed E-state index contributed by atoms with van der Waals surface area (Å²) in [6.45, 7) is 3.93. The predicted octanol–water partition coefficient (Wildman–Crippen LogP) is 3.53. The summed E-state index contributed by atoms with van der Waals surface area (Å²) in [6.07, 6.45) is 0.462. The Bertz CT molecular complexity index is 506. The van der Waals surface area contributed by atoms with Gasteiger partial charge in [0.1, 0.15) is 0 Å². The number of carbonyl (C=O) groups excluding carboxylic acids is 1. The van der Waals surface area contributed by atoms with Crippen LogP contribution in [0.4, 0.5) is 0 Å². The van der Waals surface area contributed by atoms with Gasteiger partial charge in [0.15, 0.2) is 5.78 Å². The lowest BCUT2D eigenvalue weighted by Gasteiger charge is -2.04. The molecule has 1 radical (unpaired) electrons. The van der Waals surface area contributed by atoms with E-state index in [-0.39, 0.29) is 5.78 Å². The minimum Gasteiger partial charge on any atom is -0.294 e. The summed E-state index contributed by atoms with van der Waals surface area (Å²) >= 11 is 0. The Labute approximate surface area is 102 Å². The van der Waals surface area contributed by atoms with Gasteiger partial charge in [0, 0.05) is 12.0 Å². The fraction of sp³-hybridized carbons (Fsp3) is 0.188. The fourth-order valence-electron chi connectivity index (χ4n) is 1.94. The molecule has 1 heteroatoms. The van der Waals surface area contributed by atoms with Crippen LogP contribution in [0.1, 0.15) is 27.0 Å². The van der Waals surface area contributed by atoms with Crippen molar-refractivity contribution in [1.29, 1.82) is 0 Å². The van der Waals surface area contributed by atoms with Crippen LogP contribution in [0.2, 0.25) is 0 Å². The molecule has 0 unspecified atom stereocenters. The van der Waals surface area contributed by atoms with Crippen molar-refractivity contribution < 1.29 is 4.79 Å². The maximum atomic E-state index is 12.1. The van der Waals surface area contributed by atoms with E-state index in [2.05, 4.69) is 6.07 Å². The Morgan fingerprint density at radius 1 is 1.06 bits per heavy atom. The first-order valence-corrected chi connectivity index (χ1v) is 5.73. The van der Waals surface area contributed by atoms with Crippen LogP contribution in [0.25, 0.3) is 0 Å². The summed E-state index contributed by atoms with van der Waals surface area (Å²) in [7, 11) is 0. The van der Waals surface area contributed by atoms with Gasteiger partial charge in [-0.1, -0.05) is 30.3 Å². The quantitative estimate of drug-likeness (QED) is 0.727. The monoisotopic (exact) mass is 223 g/mol. The molecule has 0 aliphatic carbocycles. The van der Waals surface area contributed by atoms with Crippen molar-refractivity contribution in [3.63, 3.8) is 0 Å². The molecule has 0 saturated carbocycles.